The van der Waals surface area contributed by atoms with Crippen molar-refractivity contribution in [2.45, 2.75) is 51.8 Å². The Morgan fingerprint density at radius 3 is 2.50 bits per heavy atom. The molecule has 6 nitrogen and oxygen atoms in total. The van der Waals surface area contributed by atoms with Crippen LogP contribution in [-0.4, -0.2) is 42.4 Å². The number of hydrogen-bond donors (Lipinski definition) is 3. The standard InChI is InChI=1S/C12H22N2O4/c1-5-7(10(15)16)13-11(17)14-8-6-9(18-4)12(8,2)3/h7-9H,5-6H2,1-4H3,(H,15,16)(H2,13,14,17). The van der Waals surface area contributed by atoms with Gasteiger partial charge in [-0.2, -0.15) is 0 Å². The van der Waals surface area contributed by atoms with Crippen molar-refractivity contribution in [1.82, 2.24) is 10.6 Å². The lowest BCUT2D eigenvalue weighted by Gasteiger charge is -2.51. The number of urea groups is 1. The fraction of sp³-hybridized carbons (Fsp3) is 0.833. The Labute approximate surface area is 107 Å². The molecule has 1 saturated carbocycles. The van der Waals surface area contributed by atoms with Crippen molar-refractivity contribution in [2.24, 2.45) is 5.41 Å². The van der Waals surface area contributed by atoms with Gasteiger partial charge in [-0.1, -0.05) is 20.8 Å². The van der Waals surface area contributed by atoms with E-state index in [1.54, 1.807) is 14.0 Å². The Morgan fingerprint density at radius 1 is 1.50 bits per heavy atom. The van der Waals surface area contributed by atoms with Crippen molar-refractivity contribution in [3.63, 3.8) is 0 Å². The second-order valence-corrected chi connectivity index (χ2v) is 5.25. The zero-order valence-corrected chi connectivity index (χ0v) is 11.3. The minimum atomic E-state index is -1.02. The smallest absolute Gasteiger partial charge is 0.326 e. The van der Waals surface area contributed by atoms with Crippen LogP contribution in [0.25, 0.3) is 0 Å². The summed E-state index contributed by atoms with van der Waals surface area (Å²) in [7, 11) is 1.65. The van der Waals surface area contributed by atoms with Crippen molar-refractivity contribution in [3.05, 3.63) is 0 Å². The van der Waals surface area contributed by atoms with Gasteiger partial charge in [-0.25, -0.2) is 9.59 Å². The SMILES string of the molecule is CCC(NC(=O)NC1CC(OC)C1(C)C)C(=O)O. The van der Waals surface area contributed by atoms with Crippen LogP contribution in [0, 0.1) is 5.41 Å². The number of carboxylic acids is 1. The first-order valence-corrected chi connectivity index (χ1v) is 6.15. The van der Waals surface area contributed by atoms with E-state index in [-0.39, 0.29) is 17.6 Å². The fourth-order valence-electron chi connectivity index (χ4n) is 2.23. The van der Waals surface area contributed by atoms with Crippen LogP contribution >= 0.6 is 0 Å². The fourth-order valence-corrected chi connectivity index (χ4v) is 2.23. The summed E-state index contributed by atoms with van der Waals surface area (Å²) < 4.78 is 5.29. The molecule has 0 bridgehead atoms. The first-order valence-electron chi connectivity index (χ1n) is 6.15. The molecule has 6 heteroatoms. The van der Waals surface area contributed by atoms with E-state index >= 15 is 0 Å². The third-order valence-corrected chi connectivity index (χ3v) is 3.78. The summed E-state index contributed by atoms with van der Waals surface area (Å²) in [6, 6.07) is -1.27. The highest BCUT2D eigenvalue weighted by atomic mass is 16.5. The largest absolute Gasteiger partial charge is 0.480 e. The quantitative estimate of drug-likeness (QED) is 0.685. The third-order valence-electron chi connectivity index (χ3n) is 3.78. The Hall–Kier alpha value is -1.30. The van der Waals surface area contributed by atoms with Crippen LogP contribution in [0.2, 0.25) is 0 Å². The lowest BCUT2D eigenvalue weighted by molar-refractivity contribution is -0.139. The van der Waals surface area contributed by atoms with Crippen molar-refractivity contribution in [2.75, 3.05) is 7.11 Å². The highest BCUT2D eigenvalue weighted by Gasteiger charge is 2.49. The van der Waals surface area contributed by atoms with Crippen molar-refractivity contribution in [1.29, 1.82) is 0 Å². The minimum absolute atomic E-state index is 0.00810. The molecule has 0 aromatic heterocycles. The number of carbonyl (C=O) groups excluding carboxylic acids is 1. The van der Waals surface area contributed by atoms with E-state index in [0.29, 0.717) is 6.42 Å². The lowest BCUT2D eigenvalue weighted by Crippen LogP contribution is -2.63. The molecule has 0 spiro atoms. The number of aliphatic carboxylic acids is 1. The summed E-state index contributed by atoms with van der Waals surface area (Å²) >= 11 is 0. The molecule has 0 radical (unpaired) electrons. The Bertz CT molecular complexity index is 330. The van der Waals surface area contributed by atoms with Crippen LogP contribution < -0.4 is 10.6 Å². The van der Waals surface area contributed by atoms with Gasteiger partial charge < -0.3 is 20.5 Å². The van der Waals surface area contributed by atoms with Gasteiger partial charge in [0.05, 0.1) is 6.10 Å². The van der Waals surface area contributed by atoms with Gasteiger partial charge in [0.25, 0.3) is 0 Å². The van der Waals surface area contributed by atoms with Gasteiger partial charge in [0.1, 0.15) is 6.04 Å². The molecule has 1 aliphatic rings. The van der Waals surface area contributed by atoms with Gasteiger partial charge in [0, 0.05) is 18.6 Å². The number of amides is 2. The minimum Gasteiger partial charge on any atom is -0.480 e. The lowest BCUT2D eigenvalue weighted by atomic mass is 9.64. The maximum Gasteiger partial charge on any atom is 0.326 e. The molecule has 2 amide bonds. The number of carbonyl (C=O) groups is 2. The first kappa shape index (κ1) is 14.8. The van der Waals surface area contributed by atoms with Crippen LogP contribution in [0.5, 0.6) is 0 Å². The number of methoxy groups -OCH3 is 1. The number of hydrogen-bond acceptors (Lipinski definition) is 3. The van der Waals surface area contributed by atoms with Gasteiger partial charge in [0.15, 0.2) is 0 Å². The van der Waals surface area contributed by atoms with Gasteiger partial charge in [-0.05, 0) is 12.8 Å². The molecule has 18 heavy (non-hydrogen) atoms. The van der Waals surface area contributed by atoms with Crippen LogP contribution in [0.3, 0.4) is 0 Å². The summed E-state index contributed by atoms with van der Waals surface area (Å²) in [6.45, 7) is 5.75. The highest BCUT2D eigenvalue weighted by molar-refractivity contribution is 5.82. The molecular weight excluding hydrogens is 236 g/mol. The number of ether oxygens (including phenoxy) is 1. The van der Waals surface area contributed by atoms with Gasteiger partial charge in [-0.15, -0.1) is 0 Å². The molecule has 3 N–H and O–H groups in total. The summed E-state index contributed by atoms with van der Waals surface area (Å²) in [5, 5.41) is 14.1. The van der Waals surface area contributed by atoms with E-state index in [9.17, 15) is 9.59 Å². The Balaban J connectivity index is 2.45. The van der Waals surface area contributed by atoms with E-state index in [1.165, 1.54) is 0 Å². The first-order chi connectivity index (χ1) is 8.32. The molecule has 0 aromatic rings. The van der Waals surface area contributed by atoms with Gasteiger partial charge in [0.2, 0.25) is 0 Å². The van der Waals surface area contributed by atoms with E-state index in [2.05, 4.69) is 10.6 Å². The molecule has 0 heterocycles. The van der Waals surface area contributed by atoms with E-state index in [0.717, 1.165) is 6.42 Å². The Morgan fingerprint density at radius 2 is 2.11 bits per heavy atom. The van der Waals surface area contributed by atoms with Crippen LogP contribution in [-0.2, 0) is 9.53 Å². The number of nitrogens with one attached hydrogen (secondary N) is 2. The van der Waals surface area contributed by atoms with E-state index in [1.807, 2.05) is 13.8 Å². The molecule has 0 aromatic carbocycles. The summed E-state index contributed by atoms with van der Waals surface area (Å²) in [6.07, 6.45) is 1.24. The van der Waals surface area contributed by atoms with Crippen LogP contribution in [0.4, 0.5) is 4.79 Å². The number of carboxylic acid groups (broad SMARTS) is 1. The Kier molecular flexibility index (Phi) is 4.56. The predicted molar refractivity (Wildman–Crippen MR) is 66.4 cm³/mol. The second-order valence-electron chi connectivity index (χ2n) is 5.25. The zero-order chi connectivity index (χ0) is 13.9. The molecule has 1 aliphatic carbocycles. The molecule has 1 fully saturated rings. The maximum atomic E-state index is 11.7. The molecule has 0 saturated heterocycles. The topological polar surface area (TPSA) is 87.7 Å². The van der Waals surface area contributed by atoms with Gasteiger partial charge in [-0.3, -0.25) is 0 Å². The predicted octanol–water partition coefficient (Wildman–Crippen LogP) is 0.962. The maximum absolute atomic E-state index is 11.7. The molecule has 3 unspecified atom stereocenters. The van der Waals surface area contributed by atoms with Crippen molar-refractivity contribution >= 4 is 12.0 Å². The van der Waals surface area contributed by atoms with E-state index in [4.69, 9.17) is 9.84 Å². The monoisotopic (exact) mass is 258 g/mol. The molecule has 104 valence electrons. The van der Waals surface area contributed by atoms with Crippen molar-refractivity contribution < 1.29 is 19.4 Å². The summed E-state index contributed by atoms with van der Waals surface area (Å²) in [5.41, 5.74) is -0.128. The molecule has 3 atom stereocenters. The average molecular weight is 258 g/mol. The molecular formula is C12H22N2O4. The normalized spacial score (nSPS) is 26.9. The number of rotatable bonds is 5. The third kappa shape index (κ3) is 2.93. The zero-order valence-electron chi connectivity index (χ0n) is 11.3. The summed E-state index contributed by atoms with van der Waals surface area (Å²) in [4.78, 5) is 22.5. The van der Waals surface area contributed by atoms with Crippen LogP contribution in [0.15, 0.2) is 0 Å². The van der Waals surface area contributed by atoms with Gasteiger partial charge >= 0.3 is 12.0 Å². The van der Waals surface area contributed by atoms with E-state index < -0.39 is 18.0 Å². The van der Waals surface area contributed by atoms with Crippen LogP contribution in [0.1, 0.15) is 33.6 Å². The second kappa shape index (κ2) is 5.56. The highest BCUT2D eigenvalue weighted by Crippen LogP contribution is 2.42. The average Bonchev–Trinajstić information content (AvgIpc) is 2.30. The summed E-state index contributed by atoms with van der Waals surface area (Å²) in [5.74, 6) is -1.02. The molecule has 0 aliphatic heterocycles. The van der Waals surface area contributed by atoms with Crippen molar-refractivity contribution in [3.8, 4) is 0 Å². The molecule has 1 rings (SSSR count).